The monoisotopic (exact) mass is 379 g/mol. The van der Waals surface area contributed by atoms with Gasteiger partial charge in [0.2, 0.25) is 6.41 Å². The first-order valence-electron chi connectivity index (χ1n) is 7.61. The molecule has 25 heavy (non-hydrogen) atoms. The molecule has 1 N–H and O–H groups in total. The minimum atomic E-state index is -0.408. The van der Waals surface area contributed by atoms with Crippen molar-refractivity contribution in [3.63, 3.8) is 0 Å². The van der Waals surface area contributed by atoms with Gasteiger partial charge in [0, 0.05) is 31.2 Å². The van der Waals surface area contributed by atoms with E-state index in [1.54, 1.807) is 35.2 Å². The predicted octanol–water partition coefficient (Wildman–Crippen LogP) is 2.31. The molecular weight excluding hydrogens is 365 g/mol. The molecule has 9 heteroatoms. The fraction of sp³-hybridized carbons (Fsp3) is 0.250. The Kier molecular flexibility index (Phi) is 5.35. The van der Waals surface area contributed by atoms with E-state index in [2.05, 4.69) is 15.5 Å². The van der Waals surface area contributed by atoms with Crippen LogP contribution in [0.25, 0.3) is 0 Å². The molecule has 7 nitrogen and oxygen atoms in total. The average Bonchev–Trinajstić information content (AvgIpc) is 2.64. The molecule has 1 saturated heterocycles. The highest BCUT2D eigenvalue weighted by Gasteiger charge is 2.18. The first-order valence-corrected chi connectivity index (χ1v) is 8.37. The Labute approximate surface area is 154 Å². The molecule has 0 atom stereocenters. The SMILES string of the molecule is O=CN1CCN(c2ccc(C(=O)Nc3ccc(Cl)cc3Cl)nn2)CC1. The minimum absolute atomic E-state index is 0.182. The Morgan fingerprint density at radius 3 is 2.44 bits per heavy atom. The zero-order valence-electron chi connectivity index (χ0n) is 13.2. The molecule has 130 valence electrons. The van der Waals surface area contributed by atoms with Crippen LogP contribution in [-0.2, 0) is 4.79 Å². The Hall–Kier alpha value is -2.38. The lowest BCUT2D eigenvalue weighted by atomic mass is 10.3. The van der Waals surface area contributed by atoms with E-state index >= 15 is 0 Å². The third-order valence-electron chi connectivity index (χ3n) is 3.85. The Morgan fingerprint density at radius 2 is 1.84 bits per heavy atom. The van der Waals surface area contributed by atoms with Gasteiger partial charge in [-0.1, -0.05) is 23.2 Å². The number of amides is 2. The van der Waals surface area contributed by atoms with Crippen LogP contribution in [0, 0.1) is 0 Å². The van der Waals surface area contributed by atoms with E-state index in [1.165, 1.54) is 0 Å². The third-order valence-corrected chi connectivity index (χ3v) is 4.40. The highest BCUT2D eigenvalue weighted by Crippen LogP contribution is 2.25. The summed E-state index contributed by atoms with van der Waals surface area (Å²) in [5.74, 6) is 0.265. The minimum Gasteiger partial charge on any atom is -0.352 e. The van der Waals surface area contributed by atoms with Gasteiger partial charge in [-0.15, -0.1) is 10.2 Å². The van der Waals surface area contributed by atoms with Crippen molar-refractivity contribution in [3.8, 4) is 0 Å². The van der Waals surface area contributed by atoms with E-state index in [4.69, 9.17) is 23.2 Å². The summed E-state index contributed by atoms with van der Waals surface area (Å²) in [6.45, 7) is 2.64. The number of nitrogens with zero attached hydrogens (tertiary/aromatic N) is 4. The van der Waals surface area contributed by atoms with Crippen LogP contribution in [-0.4, -0.2) is 53.6 Å². The van der Waals surface area contributed by atoms with Crippen molar-refractivity contribution in [3.05, 3.63) is 46.1 Å². The standard InChI is InChI=1S/C16H15Cl2N5O2/c17-11-1-2-13(12(18)9-11)19-16(25)14-3-4-15(21-20-14)23-7-5-22(10-24)6-8-23/h1-4,9-10H,5-8H2,(H,19,25). The van der Waals surface area contributed by atoms with Crippen molar-refractivity contribution in [2.75, 3.05) is 36.4 Å². The molecule has 1 aliphatic heterocycles. The van der Waals surface area contributed by atoms with Gasteiger partial charge in [0.1, 0.15) is 0 Å². The molecular formula is C16H15Cl2N5O2. The molecule has 1 aliphatic rings. The van der Waals surface area contributed by atoms with Gasteiger partial charge >= 0.3 is 0 Å². The summed E-state index contributed by atoms with van der Waals surface area (Å²) in [5, 5.41) is 11.6. The number of hydrogen-bond acceptors (Lipinski definition) is 5. The molecule has 2 aromatic rings. The van der Waals surface area contributed by atoms with Crippen LogP contribution in [0.3, 0.4) is 0 Å². The summed E-state index contributed by atoms with van der Waals surface area (Å²) in [5.41, 5.74) is 0.633. The van der Waals surface area contributed by atoms with Crippen molar-refractivity contribution in [1.29, 1.82) is 0 Å². The summed E-state index contributed by atoms with van der Waals surface area (Å²) in [6, 6.07) is 8.15. The maximum atomic E-state index is 12.3. The van der Waals surface area contributed by atoms with E-state index in [1.807, 2.05) is 4.90 Å². The van der Waals surface area contributed by atoms with Crippen molar-refractivity contribution in [2.24, 2.45) is 0 Å². The molecule has 0 spiro atoms. The molecule has 0 saturated carbocycles. The molecule has 3 rings (SSSR count). The van der Waals surface area contributed by atoms with Crippen molar-refractivity contribution in [2.45, 2.75) is 0 Å². The van der Waals surface area contributed by atoms with E-state index in [9.17, 15) is 9.59 Å². The van der Waals surface area contributed by atoms with E-state index in [0.717, 1.165) is 6.41 Å². The van der Waals surface area contributed by atoms with Crippen molar-refractivity contribution < 1.29 is 9.59 Å². The number of aromatic nitrogens is 2. The van der Waals surface area contributed by atoms with E-state index in [0.29, 0.717) is 47.7 Å². The quantitative estimate of drug-likeness (QED) is 0.824. The summed E-state index contributed by atoms with van der Waals surface area (Å²) in [4.78, 5) is 26.7. The molecule has 0 unspecified atom stereocenters. The maximum Gasteiger partial charge on any atom is 0.276 e. The zero-order valence-corrected chi connectivity index (χ0v) is 14.7. The fourth-order valence-corrected chi connectivity index (χ4v) is 2.90. The lowest BCUT2D eigenvalue weighted by Gasteiger charge is -2.32. The fourth-order valence-electron chi connectivity index (χ4n) is 2.45. The van der Waals surface area contributed by atoms with Crippen LogP contribution in [0.5, 0.6) is 0 Å². The number of anilines is 2. The highest BCUT2D eigenvalue weighted by molar-refractivity contribution is 6.36. The van der Waals surface area contributed by atoms with Crippen LogP contribution < -0.4 is 10.2 Å². The van der Waals surface area contributed by atoms with Crippen LogP contribution >= 0.6 is 23.2 Å². The molecule has 0 radical (unpaired) electrons. The first-order chi connectivity index (χ1) is 12.1. The summed E-state index contributed by atoms with van der Waals surface area (Å²) >= 11 is 11.9. The number of nitrogens with one attached hydrogen (secondary N) is 1. The smallest absolute Gasteiger partial charge is 0.276 e. The van der Waals surface area contributed by atoms with Gasteiger partial charge in [0.25, 0.3) is 5.91 Å². The molecule has 2 amide bonds. The van der Waals surface area contributed by atoms with E-state index < -0.39 is 5.91 Å². The number of benzene rings is 1. The Bertz CT molecular complexity index is 777. The second kappa shape index (κ2) is 7.67. The number of carbonyl (C=O) groups excluding carboxylic acids is 2. The number of piperazine rings is 1. The van der Waals surface area contributed by atoms with Gasteiger partial charge in [-0.3, -0.25) is 9.59 Å². The molecule has 1 fully saturated rings. The van der Waals surface area contributed by atoms with Gasteiger partial charge < -0.3 is 15.1 Å². The van der Waals surface area contributed by atoms with Crippen molar-refractivity contribution >= 4 is 47.0 Å². The molecule has 1 aromatic heterocycles. The average molecular weight is 380 g/mol. The molecule has 1 aromatic carbocycles. The Balaban J connectivity index is 1.65. The summed E-state index contributed by atoms with van der Waals surface area (Å²) < 4.78 is 0. The van der Waals surface area contributed by atoms with Gasteiger partial charge in [-0.2, -0.15) is 0 Å². The highest BCUT2D eigenvalue weighted by atomic mass is 35.5. The molecule has 2 heterocycles. The second-order valence-electron chi connectivity index (χ2n) is 5.48. The Morgan fingerprint density at radius 1 is 1.08 bits per heavy atom. The van der Waals surface area contributed by atoms with Crippen molar-refractivity contribution in [1.82, 2.24) is 15.1 Å². The summed E-state index contributed by atoms with van der Waals surface area (Å²) in [6.07, 6.45) is 0.846. The van der Waals surface area contributed by atoms with Crippen LogP contribution in [0.4, 0.5) is 11.5 Å². The lowest BCUT2D eigenvalue weighted by molar-refractivity contribution is -0.118. The maximum absolute atomic E-state index is 12.3. The predicted molar refractivity (Wildman–Crippen MR) is 96.3 cm³/mol. The largest absolute Gasteiger partial charge is 0.352 e. The van der Waals surface area contributed by atoms with Gasteiger partial charge in [0.05, 0.1) is 10.7 Å². The van der Waals surface area contributed by atoms with Crippen LogP contribution in [0.1, 0.15) is 10.5 Å². The number of rotatable bonds is 4. The van der Waals surface area contributed by atoms with E-state index in [-0.39, 0.29) is 5.69 Å². The first kappa shape index (κ1) is 17.4. The third kappa shape index (κ3) is 4.18. The molecule has 0 bridgehead atoms. The van der Waals surface area contributed by atoms with Gasteiger partial charge in [-0.05, 0) is 30.3 Å². The number of hydrogen-bond donors (Lipinski definition) is 1. The normalized spacial score (nSPS) is 14.3. The lowest BCUT2D eigenvalue weighted by Crippen LogP contribution is -2.46. The topological polar surface area (TPSA) is 78.4 Å². The number of halogens is 2. The zero-order chi connectivity index (χ0) is 17.8. The number of carbonyl (C=O) groups is 2. The van der Waals surface area contributed by atoms with Gasteiger partial charge in [-0.25, -0.2) is 0 Å². The van der Waals surface area contributed by atoms with Crippen LogP contribution in [0.2, 0.25) is 10.0 Å². The van der Waals surface area contributed by atoms with Gasteiger partial charge in [0.15, 0.2) is 11.5 Å². The van der Waals surface area contributed by atoms with Crippen LogP contribution in [0.15, 0.2) is 30.3 Å². The summed E-state index contributed by atoms with van der Waals surface area (Å²) in [7, 11) is 0. The second-order valence-corrected chi connectivity index (χ2v) is 6.33. The molecule has 0 aliphatic carbocycles.